The molecular weight excluding hydrogens is 521 g/mol. The van der Waals surface area contributed by atoms with E-state index in [4.69, 9.17) is 0 Å². The number of aliphatic hydroxyl groups excluding tert-OH is 1. The van der Waals surface area contributed by atoms with E-state index in [2.05, 4.69) is 49.8 Å². The Morgan fingerprint density at radius 1 is 1.16 bits per heavy atom. The Morgan fingerprint density at radius 2 is 1.97 bits per heavy atom. The molecule has 166 valence electrons. The molecule has 1 aliphatic rings. The third-order valence-corrected chi connectivity index (χ3v) is 6.63. The largest absolute Gasteiger partial charge is 0.386 e. The van der Waals surface area contributed by atoms with Gasteiger partial charge in [0, 0.05) is 49.0 Å². The fraction of sp³-hybridized carbons (Fsp3) is 0.391. The van der Waals surface area contributed by atoms with Crippen LogP contribution in [0.1, 0.15) is 35.8 Å². The molecule has 1 aliphatic heterocycles. The van der Waals surface area contributed by atoms with Crippen molar-refractivity contribution < 1.29 is 5.11 Å². The van der Waals surface area contributed by atoms with E-state index < -0.39 is 6.10 Å². The topological polar surface area (TPSA) is 72.8 Å². The summed E-state index contributed by atoms with van der Waals surface area (Å²) < 4.78 is 1.19. The molecule has 8 heteroatoms. The number of pyridine rings is 1. The fourth-order valence-electron chi connectivity index (χ4n) is 3.73. The van der Waals surface area contributed by atoms with E-state index in [9.17, 15) is 5.11 Å². The minimum atomic E-state index is -0.576. The number of hydrogen-bond donors (Lipinski definition) is 3. The van der Waals surface area contributed by atoms with Crippen molar-refractivity contribution in [3.63, 3.8) is 0 Å². The molecule has 0 saturated carbocycles. The Hall–Kier alpha value is -1.91. The van der Waals surface area contributed by atoms with Gasteiger partial charge in [0.15, 0.2) is 5.96 Å². The second kappa shape index (κ2) is 11.6. The second-order valence-electron chi connectivity index (χ2n) is 7.58. The summed E-state index contributed by atoms with van der Waals surface area (Å²) in [5, 5.41) is 18.3. The van der Waals surface area contributed by atoms with Crippen LogP contribution in [0.4, 0.5) is 5.82 Å². The van der Waals surface area contributed by atoms with Gasteiger partial charge in [0.25, 0.3) is 0 Å². The molecule has 3 aromatic rings. The van der Waals surface area contributed by atoms with Crippen LogP contribution >= 0.6 is 35.3 Å². The monoisotopic (exact) mass is 551 g/mol. The molecule has 0 amide bonds. The molecule has 2 aromatic heterocycles. The van der Waals surface area contributed by atoms with E-state index in [0.717, 1.165) is 23.8 Å². The van der Waals surface area contributed by atoms with Crippen LogP contribution in [0.15, 0.2) is 53.7 Å². The zero-order chi connectivity index (χ0) is 20.8. The number of nitrogens with one attached hydrogen (secondary N) is 2. The molecule has 1 fully saturated rings. The first-order chi connectivity index (χ1) is 14.7. The lowest BCUT2D eigenvalue weighted by Gasteiger charge is -2.28. The van der Waals surface area contributed by atoms with E-state index in [1.54, 1.807) is 18.4 Å². The summed E-state index contributed by atoms with van der Waals surface area (Å²) in [6.07, 6.45) is 5.09. The first-order valence-electron chi connectivity index (χ1n) is 10.5. The van der Waals surface area contributed by atoms with Gasteiger partial charge in [0.2, 0.25) is 0 Å². The number of halogens is 1. The fourth-order valence-corrected chi connectivity index (χ4v) is 4.78. The van der Waals surface area contributed by atoms with Crippen LogP contribution in [0.3, 0.4) is 0 Å². The van der Waals surface area contributed by atoms with Crippen molar-refractivity contribution in [3.8, 4) is 0 Å². The molecule has 1 unspecified atom stereocenters. The van der Waals surface area contributed by atoms with Gasteiger partial charge in [-0.15, -0.1) is 35.3 Å². The van der Waals surface area contributed by atoms with Crippen molar-refractivity contribution >= 4 is 57.2 Å². The van der Waals surface area contributed by atoms with Gasteiger partial charge >= 0.3 is 0 Å². The number of anilines is 1. The summed E-state index contributed by atoms with van der Waals surface area (Å²) in [5.74, 6) is 1.73. The van der Waals surface area contributed by atoms with Gasteiger partial charge in [-0.05, 0) is 54.5 Å². The van der Waals surface area contributed by atoms with E-state index in [1.165, 1.54) is 34.9 Å². The average Bonchev–Trinajstić information content (AvgIpc) is 3.24. The van der Waals surface area contributed by atoms with E-state index in [-0.39, 0.29) is 24.0 Å². The normalized spacial score (nSPS) is 15.4. The first kappa shape index (κ1) is 23.7. The number of aromatic nitrogens is 1. The molecule has 1 aromatic carbocycles. The summed E-state index contributed by atoms with van der Waals surface area (Å²) in [7, 11) is 1.74. The third-order valence-electron chi connectivity index (χ3n) is 5.41. The number of rotatable bonds is 6. The Labute approximate surface area is 204 Å². The number of benzene rings is 1. The summed E-state index contributed by atoms with van der Waals surface area (Å²) in [4.78, 5) is 12.1. The summed E-state index contributed by atoms with van der Waals surface area (Å²) in [5.41, 5.74) is 1.17. The third kappa shape index (κ3) is 6.30. The number of hydrogen-bond acceptors (Lipinski definition) is 5. The molecule has 1 saturated heterocycles. The average molecular weight is 551 g/mol. The number of fused-ring (bicyclic) bond motifs is 1. The molecule has 31 heavy (non-hydrogen) atoms. The predicted molar refractivity (Wildman–Crippen MR) is 141 cm³/mol. The number of nitrogens with zero attached hydrogens (tertiary/aromatic N) is 3. The number of aliphatic hydroxyl groups is 1. The highest BCUT2D eigenvalue weighted by Crippen LogP contribution is 2.29. The van der Waals surface area contributed by atoms with E-state index in [0.29, 0.717) is 19.0 Å². The standard InChI is InChI=1S/C23H29N5OS.HI/c1-24-23(27-16-19(29)21-14-18-7-3-4-8-20(18)30-21)26-15-17-9-10-25-22(13-17)28-11-5-2-6-12-28;/h3-4,7-10,13-14,19,29H,2,5-6,11-12,15-16H2,1H3,(H2,24,26,27);1H. The van der Waals surface area contributed by atoms with Gasteiger partial charge in [-0.25, -0.2) is 4.98 Å². The van der Waals surface area contributed by atoms with Gasteiger partial charge in [-0.3, -0.25) is 4.99 Å². The van der Waals surface area contributed by atoms with Crippen LogP contribution in [-0.4, -0.2) is 42.7 Å². The second-order valence-corrected chi connectivity index (χ2v) is 8.69. The molecule has 1 atom stereocenters. The van der Waals surface area contributed by atoms with Crippen LogP contribution < -0.4 is 15.5 Å². The maximum absolute atomic E-state index is 10.6. The van der Waals surface area contributed by atoms with Gasteiger partial charge in [-0.2, -0.15) is 0 Å². The summed E-state index contributed by atoms with van der Waals surface area (Å²) in [6, 6.07) is 14.4. The van der Waals surface area contributed by atoms with Gasteiger partial charge in [0.05, 0.1) is 0 Å². The Kier molecular flexibility index (Phi) is 8.91. The van der Waals surface area contributed by atoms with Crippen molar-refractivity contribution in [2.24, 2.45) is 4.99 Å². The van der Waals surface area contributed by atoms with E-state index >= 15 is 0 Å². The Morgan fingerprint density at radius 3 is 2.74 bits per heavy atom. The molecule has 0 spiro atoms. The molecule has 6 nitrogen and oxygen atoms in total. The molecular formula is C23H30IN5OS. The maximum atomic E-state index is 10.6. The molecule has 3 N–H and O–H groups in total. The number of piperidine rings is 1. The number of aliphatic imine (C=N–C) groups is 1. The molecule has 0 radical (unpaired) electrons. The highest BCUT2D eigenvalue weighted by Gasteiger charge is 2.14. The van der Waals surface area contributed by atoms with Crippen molar-refractivity contribution in [2.45, 2.75) is 31.9 Å². The maximum Gasteiger partial charge on any atom is 0.191 e. The quantitative estimate of drug-likeness (QED) is 0.242. The smallest absolute Gasteiger partial charge is 0.191 e. The van der Waals surface area contributed by atoms with Crippen LogP contribution in [0, 0.1) is 0 Å². The molecule has 0 aliphatic carbocycles. The summed E-state index contributed by atoms with van der Waals surface area (Å²) >= 11 is 1.63. The highest BCUT2D eigenvalue weighted by atomic mass is 127. The zero-order valence-electron chi connectivity index (χ0n) is 17.8. The van der Waals surface area contributed by atoms with Crippen LogP contribution in [0.5, 0.6) is 0 Å². The van der Waals surface area contributed by atoms with Crippen molar-refractivity contribution in [1.82, 2.24) is 15.6 Å². The Bertz CT molecular complexity index is 969. The lowest BCUT2D eigenvalue weighted by molar-refractivity contribution is 0.184. The lowest BCUT2D eigenvalue weighted by Crippen LogP contribution is -2.39. The highest BCUT2D eigenvalue weighted by molar-refractivity contribution is 14.0. The van der Waals surface area contributed by atoms with Crippen LogP contribution in [-0.2, 0) is 6.54 Å². The van der Waals surface area contributed by atoms with Gasteiger partial charge in [0.1, 0.15) is 11.9 Å². The minimum absolute atomic E-state index is 0. The predicted octanol–water partition coefficient (Wildman–Crippen LogP) is 4.30. The lowest BCUT2D eigenvalue weighted by atomic mass is 10.1. The van der Waals surface area contributed by atoms with Crippen molar-refractivity contribution in [1.29, 1.82) is 0 Å². The SMILES string of the molecule is CN=C(NCc1ccnc(N2CCCCC2)c1)NCC(O)c1cc2ccccc2s1.I. The minimum Gasteiger partial charge on any atom is -0.386 e. The van der Waals surface area contributed by atoms with Crippen LogP contribution in [0.25, 0.3) is 10.1 Å². The van der Waals surface area contributed by atoms with Crippen LogP contribution in [0.2, 0.25) is 0 Å². The molecule has 3 heterocycles. The molecule has 4 rings (SSSR count). The Balaban J connectivity index is 0.00000272. The van der Waals surface area contributed by atoms with Gasteiger partial charge < -0.3 is 20.6 Å². The zero-order valence-corrected chi connectivity index (χ0v) is 20.9. The first-order valence-corrected chi connectivity index (χ1v) is 11.4. The van der Waals surface area contributed by atoms with Crippen molar-refractivity contribution in [3.05, 3.63) is 59.1 Å². The van der Waals surface area contributed by atoms with Crippen molar-refractivity contribution in [2.75, 3.05) is 31.6 Å². The number of guanidine groups is 1. The number of thiophene rings is 1. The van der Waals surface area contributed by atoms with Gasteiger partial charge in [-0.1, -0.05) is 18.2 Å². The molecule has 0 bridgehead atoms. The summed E-state index contributed by atoms with van der Waals surface area (Å²) in [6.45, 7) is 3.23. The van der Waals surface area contributed by atoms with E-state index in [1.807, 2.05) is 24.4 Å².